The molecule has 0 aromatic heterocycles. The highest BCUT2D eigenvalue weighted by molar-refractivity contribution is 5.79. The van der Waals surface area contributed by atoms with Gasteiger partial charge in [-0.05, 0) is 56.5 Å². The molecule has 25 heavy (non-hydrogen) atoms. The lowest BCUT2D eigenvalue weighted by Crippen LogP contribution is -2.55. The Balaban J connectivity index is 1.57. The van der Waals surface area contributed by atoms with Crippen molar-refractivity contribution >= 4 is 11.6 Å². The summed E-state index contributed by atoms with van der Waals surface area (Å²) in [5.41, 5.74) is 1.42. The summed E-state index contributed by atoms with van der Waals surface area (Å²) in [5, 5.41) is 11.0. The van der Waals surface area contributed by atoms with Gasteiger partial charge < -0.3 is 19.8 Å². The highest BCUT2D eigenvalue weighted by atomic mass is 16.3. The molecule has 0 saturated carbocycles. The second-order valence-electron chi connectivity index (χ2n) is 7.86. The molecule has 2 heterocycles. The van der Waals surface area contributed by atoms with Gasteiger partial charge in [0.05, 0.1) is 18.6 Å². The van der Waals surface area contributed by atoms with Crippen LogP contribution in [0.5, 0.6) is 0 Å². The number of aliphatic hydroxyl groups is 1. The van der Waals surface area contributed by atoms with Crippen LogP contribution in [0.2, 0.25) is 0 Å². The zero-order valence-electron chi connectivity index (χ0n) is 15.6. The summed E-state index contributed by atoms with van der Waals surface area (Å²) in [7, 11) is 4.02. The number of carbonyl (C=O) groups excluding carboxylic acids is 1. The Kier molecular flexibility index (Phi) is 5.64. The van der Waals surface area contributed by atoms with Crippen molar-refractivity contribution in [3.05, 3.63) is 29.8 Å². The first-order valence-electron chi connectivity index (χ1n) is 9.44. The van der Waals surface area contributed by atoms with Crippen LogP contribution in [0.1, 0.15) is 31.2 Å². The van der Waals surface area contributed by atoms with E-state index in [0.717, 1.165) is 43.7 Å². The summed E-state index contributed by atoms with van der Waals surface area (Å²) in [6, 6.07) is 8.13. The summed E-state index contributed by atoms with van der Waals surface area (Å²) >= 11 is 0. The largest absolute Gasteiger partial charge is 0.387 e. The van der Waals surface area contributed by atoms with E-state index in [1.54, 1.807) is 0 Å². The molecule has 0 radical (unpaired) electrons. The number of piperidine rings is 1. The third-order valence-electron chi connectivity index (χ3n) is 5.43. The first-order chi connectivity index (χ1) is 12.0. The molecule has 2 aliphatic heterocycles. The van der Waals surface area contributed by atoms with E-state index in [0.29, 0.717) is 19.5 Å². The van der Waals surface area contributed by atoms with Gasteiger partial charge in [-0.15, -0.1) is 0 Å². The molecule has 1 amide bonds. The van der Waals surface area contributed by atoms with Crippen molar-refractivity contribution in [3.8, 4) is 0 Å². The van der Waals surface area contributed by atoms with Crippen LogP contribution in [-0.2, 0) is 11.2 Å². The average molecular weight is 345 g/mol. The third kappa shape index (κ3) is 4.73. The number of hydrogen-bond donors (Lipinski definition) is 1. The Morgan fingerprint density at radius 2 is 1.80 bits per heavy atom. The van der Waals surface area contributed by atoms with Gasteiger partial charge in [0.2, 0.25) is 5.91 Å². The van der Waals surface area contributed by atoms with Crippen molar-refractivity contribution in [1.29, 1.82) is 0 Å². The van der Waals surface area contributed by atoms with E-state index >= 15 is 0 Å². The molecule has 5 heteroatoms. The molecular formula is C20H31N3O2. The van der Waals surface area contributed by atoms with Gasteiger partial charge >= 0.3 is 0 Å². The Morgan fingerprint density at radius 1 is 1.12 bits per heavy atom. The van der Waals surface area contributed by atoms with Crippen molar-refractivity contribution in [1.82, 2.24) is 9.80 Å². The SMILES string of the molecule is CN(C)c1ccc(CC(=O)N2CCC[C@@](O)(CN3CCCC3)C2)cc1. The fraction of sp³-hybridized carbons (Fsp3) is 0.650. The summed E-state index contributed by atoms with van der Waals surface area (Å²) in [6.45, 7) is 4.09. The lowest BCUT2D eigenvalue weighted by Gasteiger charge is -2.41. The minimum Gasteiger partial charge on any atom is -0.387 e. The Hall–Kier alpha value is -1.59. The van der Waals surface area contributed by atoms with E-state index in [1.165, 1.54) is 12.8 Å². The number of amides is 1. The molecule has 1 aromatic carbocycles. The molecule has 2 fully saturated rings. The molecule has 0 bridgehead atoms. The van der Waals surface area contributed by atoms with Gasteiger partial charge in [-0.3, -0.25) is 4.79 Å². The highest BCUT2D eigenvalue weighted by Crippen LogP contribution is 2.25. The molecular weight excluding hydrogens is 314 g/mol. The van der Waals surface area contributed by atoms with Crippen molar-refractivity contribution in [2.75, 3.05) is 51.7 Å². The van der Waals surface area contributed by atoms with Crippen molar-refractivity contribution in [2.24, 2.45) is 0 Å². The third-order valence-corrected chi connectivity index (χ3v) is 5.43. The maximum atomic E-state index is 12.7. The van der Waals surface area contributed by atoms with E-state index in [-0.39, 0.29) is 5.91 Å². The smallest absolute Gasteiger partial charge is 0.227 e. The van der Waals surface area contributed by atoms with Crippen molar-refractivity contribution in [2.45, 2.75) is 37.7 Å². The number of carbonyl (C=O) groups is 1. The second-order valence-corrected chi connectivity index (χ2v) is 7.86. The van der Waals surface area contributed by atoms with Crippen molar-refractivity contribution in [3.63, 3.8) is 0 Å². The molecule has 0 spiro atoms. The van der Waals surface area contributed by atoms with E-state index in [2.05, 4.69) is 9.80 Å². The molecule has 1 atom stereocenters. The summed E-state index contributed by atoms with van der Waals surface area (Å²) in [6.07, 6.45) is 4.54. The van der Waals surface area contributed by atoms with E-state index in [4.69, 9.17) is 0 Å². The van der Waals surface area contributed by atoms with Crippen LogP contribution in [0.25, 0.3) is 0 Å². The minimum absolute atomic E-state index is 0.122. The Labute approximate surface area is 151 Å². The van der Waals surface area contributed by atoms with Crippen LogP contribution in [0, 0.1) is 0 Å². The van der Waals surface area contributed by atoms with E-state index in [1.807, 2.05) is 43.3 Å². The predicted octanol–water partition coefficient (Wildman–Crippen LogP) is 1.74. The fourth-order valence-electron chi connectivity index (χ4n) is 4.01. The average Bonchev–Trinajstić information content (AvgIpc) is 3.07. The molecule has 5 nitrogen and oxygen atoms in total. The molecule has 1 aromatic rings. The first-order valence-corrected chi connectivity index (χ1v) is 9.44. The molecule has 138 valence electrons. The molecule has 1 N–H and O–H groups in total. The van der Waals surface area contributed by atoms with Crippen LogP contribution >= 0.6 is 0 Å². The number of hydrogen-bond acceptors (Lipinski definition) is 4. The van der Waals surface area contributed by atoms with Crippen LogP contribution in [0.3, 0.4) is 0 Å². The number of rotatable bonds is 5. The van der Waals surface area contributed by atoms with Gasteiger partial charge in [0.1, 0.15) is 0 Å². The quantitative estimate of drug-likeness (QED) is 0.883. The monoisotopic (exact) mass is 345 g/mol. The Bertz CT molecular complexity index is 581. The number of benzene rings is 1. The molecule has 3 rings (SSSR count). The maximum absolute atomic E-state index is 12.7. The zero-order valence-corrected chi connectivity index (χ0v) is 15.6. The number of nitrogens with zero attached hydrogens (tertiary/aromatic N) is 3. The lowest BCUT2D eigenvalue weighted by atomic mass is 9.91. The molecule has 2 saturated heterocycles. The van der Waals surface area contributed by atoms with E-state index in [9.17, 15) is 9.90 Å². The second kappa shape index (κ2) is 7.75. The van der Waals surface area contributed by atoms with Crippen molar-refractivity contribution < 1.29 is 9.90 Å². The van der Waals surface area contributed by atoms with Crippen LogP contribution in [0.4, 0.5) is 5.69 Å². The highest BCUT2D eigenvalue weighted by Gasteiger charge is 2.37. The molecule has 2 aliphatic rings. The maximum Gasteiger partial charge on any atom is 0.227 e. The summed E-state index contributed by atoms with van der Waals surface area (Å²) in [5.74, 6) is 0.122. The van der Waals surface area contributed by atoms with E-state index < -0.39 is 5.60 Å². The van der Waals surface area contributed by atoms with Gasteiger partial charge in [0, 0.05) is 32.9 Å². The van der Waals surface area contributed by atoms with Gasteiger partial charge in [-0.2, -0.15) is 0 Å². The fourth-order valence-corrected chi connectivity index (χ4v) is 4.01. The lowest BCUT2D eigenvalue weighted by molar-refractivity contribution is -0.138. The number of β-amino-alcohol motifs (C(OH)–C–C–N with tert-alkyl or cyclic N) is 1. The number of likely N-dealkylation sites (tertiary alicyclic amines) is 2. The first kappa shape index (κ1) is 18.2. The van der Waals surface area contributed by atoms with Gasteiger partial charge in [-0.1, -0.05) is 12.1 Å². The minimum atomic E-state index is -0.743. The number of anilines is 1. The van der Waals surface area contributed by atoms with Gasteiger partial charge in [0.15, 0.2) is 0 Å². The normalized spacial score (nSPS) is 24.5. The molecule has 0 aliphatic carbocycles. The summed E-state index contributed by atoms with van der Waals surface area (Å²) < 4.78 is 0. The van der Waals surface area contributed by atoms with Gasteiger partial charge in [0.25, 0.3) is 0 Å². The topological polar surface area (TPSA) is 47.0 Å². The summed E-state index contributed by atoms with van der Waals surface area (Å²) in [4.78, 5) is 19.0. The zero-order chi connectivity index (χ0) is 17.9. The predicted molar refractivity (Wildman–Crippen MR) is 101 cm³/mol. The van der Waals surface area contributed by atoms with Crippen LogP contribution < -0.4 is 4.90 Å². The standard InChI is InChI=1S/C20H31N3O2/c1-21(2)18-8-6-17(7-9-18)14-19(24)23-13-5-10-20(25,16-23)15-22-11-3-4-12-22/h6-9,25H,3-5,10-16H2,1-2H3/t20-/m1/s1. The molecule has 0 unspecified atom stereocenters. The van der Waals surface area contributed by atoms with Crippen LogP contribution in [0.15, 0.2) is 24.3 Å². The Morgan fingerprint density at radius 3 is 2.44 bits per heavy atom. The van der Waals surface area contributed by atoms with Crippen LogP contribution in [-0.4, -0.2) is 73.2 Å². The van der Waals surface area contributed by atoms with Gasteiger partial charge in [-0.25, -0.2) is 0 Å².